The molecular weight excluding hydrogens is 354 g/mol. The van der Waals surface area contributed by atoms with Crippen LogP contribution < -0.4 is 10.6 Å². The van der Waals surface area contributed by atoms with E-state index in [1.807, 2.05) is 0 Å². The monoisotopic (exact) mass is 387 g/mol. The maximum absolute atomic E-state index is 11.9. The molecule has 2 atom stereocenters. The summed E-state index contributed by atoms with van der Waals surface area (Å²) in [5.74, 6) is 0.904. The van der Waals surface area contributed by atoms with E-state index in [-0.39, 0.29) is 11.8 Å². The summed E-state index contributed by atoms with van der Waals surface area (Å²) in [5.41, 5.74) is 0.860. The van der Waals surface area contributed by atoms with Crippen LogP contribution in [0.25, 0.3) is 0 Å². The molecule has 1 aromatic rings. The average Bonchev–Trinajstić information content (AvgIpc) is 2.71. The van der Waals surface area contributed by atoms with E-state index >= 15 is 0 Å². The summed E-state index contributed by atoms with van der Waals surface area (Å²) < 4.78 is 4.80. The number of benzene rings is 1. The Labute approximate surface area is 167 Å². The summed E-state index contributed by atoms with van der Waals surface area (Å²) in [4.78, 5) is 16.9. The third-order valence-corrected chi connectivity index (χ3v) is 5.98. The Bertz CT molecular complexity index is 698. The second-order valence-corrected chi connectivity index (χ2v) is 8.13. The molecule has 6 heteroatoms. The van der Waals surface area contributed by atoms with Gasteiger partial charge in [-0.05, 0) is 49.8 Å². The lowest BCUT2D eigenvalue weighted by molar-refractivity contribution is 0.0601. The number of ether oxygens (including phenoxy) is 1. The molecule has 0 bridgehead atoms. The molecule has 3 N–H and O–H groups in total. The van der Waals surface area contributed by atoms with E-state index in [0.717, 1.165) is 19.3 Å². The molecular formula is C22H33N3O3. The molecule has 6 nitrogen and oxygen atoms in total. The lowest BCUT2D eigenvalue weighted by Gasteiger charge is -2.29. The molecule has 2 fully saturated rings. The second-order valence-electron chi connectivity index (χ2n) is 8.13. The molecule has 3 rings (SSSR count). The van der Waals surface area contributed by atoms with E-state index in [1.54, 1.807) is 12.1 Å². The third kappa shape index (κ3) is 5.40. The van der Waals surface area contributed by atoms with Crippen molar-refractivity contribution in [1.29, 1.82) is 0 Å². The van der Waals surface area contributed by atoms with Gasteiger partial charge in [-0.15, -0.1) is 0 Å². The lowest BCUT2D eigenvalue weighted by Crippen LogP contribution is -2.41. The van der Waals surface area contributed by atoms with Gasteiger partial charge >= 0.3 is 5.97 Å². The van der Waals surface area contributed by atoms with Crippen molar-refractivity contribution in [3.8, 4) is 5.75 Å². The Kier molecular flexibility index (Phi) is 7.18. The quantitative estimate of drug-likeness (QED) is 0.308. The molecule has 0 aromatic heterocycles. The summed E-state index contributed by atoms with van der Waals surface area (Å²) >= 11 is 0. The smallest absolute Gasteiger partial charge is 0.337 e. The van der Waals surface area contributed by atoms with Crippen molar-refractivity contribution in [2.24, 2.45) is 10.9 Å². The van der Waals surface area contributed by atoms with Crippen molar-refractivity contribution >= 4 is 17.6 Å². The van der Waals surface area contributed by atoms with Gasteiger partial charge in [0.2, 0.25) is 0 Å². The molecule has 0 saturated heterocycles. The van der Waals surface area contributed by atoms with Crippen molar-refractivity contribution in [2.45, 2.75) is 76.8 Å². The van der Waals surface area contributed by atoms with Gasteiger partial charge in [-0.3, -0.25) is 0 Å². The maximum Gasteiger partial charge on any atom is 0.337 e. The number of anilines is 1. The SMILES string of the molecule is COC(=O)c1ccc(O)c(NC(=NC2CCCCC2C)NC2CCCCC2)c1. The minimum atomic E-state index is -0.428. The lowest BCUT2D eigenvalue weighted by atomic mass is 9.86. The fourth-order valence-electron chi connectivity index (χ4n) is 4.21. The molecule has 0 radical (unpaired) electrons. The highest BCUT2D eigenvalue weighted by molar-refractivity contribution is 5.97. The van der Waals surface area contributed by atoms with Crippen LogP contribution in [-0.2, 0) is 4.74 Å². The summed E-state index contributed by atoms with van der Waals surface area (Å²) in [7, 11) is 1.35. The van der Waals surface area contributed by atoms with E-state index in [1.165, 1.54) is 51.7 Å². The first-order chi connectivity index (χ1) is 13.6. The number of phenols is 1. The molecule has 2 aliphatic rings. The number of nitrogens with zero attached hydrogens (tertiary/aromatic N) is 1. The topological polar surface area (TPSA) is 83.0 Å². The van der Waals surface area contributed by atoms with Gasteiger partial charge in [-0.25, -0.2) is 9.79 Å². The Morgan fingerprint density at radius 1 is 1.11 bits per heavy atom. The van der Waals surface area contributed by atoms with Gasteiger partial charge in [0, 0.05) is 6.04 Å². The molecule has 0 spiro atoms. The van der Waals surface area contributed by atoms with Gasteiger partial charge < -0.3 is 20.5 Å². The number of nitrogens with one attached hydrogen (secondary N) is 2. The number of esters is 1. The van der Waals surface area contributed by atoms with Crippen LogP contribution in [0.1, 0.15) is 75.1 Å². The first kappa shape index (κ1) is 20.5. The van der Waals surface area contributed by atoms with Crippen LogP contribution in [0.5, 0.6) is 5.75 Å². The van der Waals surface area contributed by atoms with E-state index in [2.05, 4.69) is 17.6 Å². The van der Waals surface area contributed by atoms with E-state index in [9.17, 15) is 9.90 Å². The van der Waals surface area contributed by atoms with Gasteiger partial charge in [0.1, 0.15) is 5.75 Å². The number of methoxy groups -OCH3 is 1. The first-order valence-electron chi connectivity index (χ1n) is 10.6. The van der Waals surface area contributed by atoms with Gasteiger partial charge in [-0.1, -0.05) is 39.0 Å². The third-order valence-electron chi connectivity index (χ3n) is 5.98. The van der Waals surface area contributed by atoms with Gasteiger partial charge in [-0.2, -0.15) is 0 Å². The number of carbonyl (C=O) groups is 1. The zero-order valence-corrected chi connectivity index (χ0v) is 17.0. The van der Waals surface area contributed by atoms with Crippen molar-refractivity contribution in [3.05, 3.63) is 23.8 Å². The molecule has 0 aliphatic heterocycles. The molecule has 0 heterocycles. The number of carbonyl (C=O) groups excluding carboxylic acids is 1. The van der Waals surface area contributed by atoms with E-state index in [0.29, 0.717) is 29.2 Å². The van der Waals surface area contributed by atoms with Gasteiger partial charge in [0.15, 0.2) is 5.96 Å². The predicted octanol–water partition coefficient (Wildman–Crippen LogP) is 4.45. The highest BCUT2D eigenvalue weighted by Gasteiger charge is 2.23. The predicted molar refractivity (Wildman–Crippen MR) is 112 cm³/mol. The zero-order valence-electron chi connectivity index (χ0n) is 17.0. The Morgan fingerprint density at radius 2 is 1.82 bits per heavy atom. The Balaban J connectivity index is 1.82. The number of guanidine groups is 1. The number of rotatable bonds is 4. The largest absolute Gasteiger partial charge is 0.506 e. The first-order valence-corrected chi connectivity index (χ1v) is 10.6. The van der Waals surface area contributed by atoms with Crippen LogP contribution in [0.4, 0.5) is 5.69 Å². The van der Waals surface area contributed by atoms with Gasteiger partial charge in [0.05, 0.1) is 24.4 Å². The van der Waals surface area contributed by atoms with Crippen LogP contribution >= 0.6 is 0 Å². The number of phenolic OH excluding ortho intramolecular Hbond substituents is 1. The molecule has 2 saturated carbocycles. The molecule has 2 unspecified atom stereocenters. The molecule has 154 valence electrons. The zero-order chi connectivity index (χ0) is 19.9. The number of aliphatic imine (C=N–C) groups is 1. The minimum absolute atomic E-state index is 0.0856. The maximum atomic E-state index is 11.9. The highest BCUT2D eigenvalue weighted by Crippen LogP contribution is 2.28. The molecule has 28 heavy (non-hydrogen) atoms. The van der Waals surface area contributed by atoms with Crippen LogP contribution in [0.3, 0.4) is 0 Å². The number of hydrogen-bond acceptors (Lipinski definition) is 4. The summed E-state index contributed by atoms with van der Waals surface area (Å²) in [5, 5.41) is 17.1. The van der Waals surface area contributed by atoms with Crippen LogP contribution in [-0.4, -0.2) is 36.2 Å². The molecule has 2 aliphatic carbocycles. The van der Waals surface area contributed by atoms with E-state index < -0.39 is 5.97 Å². The summed E-state index contributed by atoms with van der Waals surface area (Å²) in [6.45, 7) is 2.26. The Hall–Kier alpha value is -2.24. The second kappa shape index (κ2) is 9.80. The van der Waals surface area contributed by atoms with Crippen molar-refractivity contribution in [2.75, 3.05) is 12.4 Å². The fourth-order valence-corrected chi connectivity index (χ4v) is 4.21. The van der Waals surface area contributed by atoms with Crippen LogP contribution in [0.2, 0.25) is 0 Å². The minimum Gasteiger partial charge on any atom is -0.506 e. The molecule has 1 aromatic carbocycles. The van der Waals surface area contributed by atoms with Gasteiger partial charge in [0.25, 0.3) is 0 Å². The normalized spacial score (nSPS) is 23.9. The van der Waals surface area contributed by atoms with Crippen molar-refractivity contribution in [3.63, 3.8) is 0 Å². The van der Waals surface area contributed by atoms with Crippen molar-refractivity contribution < 1.29 is 14.6 Å². The molecule has 0 amide bonds. The van der Waals surface area contributed by atoms with Crippen LogP contribution in [0.15, 0.2) is 23.2 Å². The van der Waals surface area contributed by atoms with E-state index in [4.69, 9.17) is 9.73 Å². The van der Waals surface area contributed by atoms with Crippen LogP contribution in [0, 0.1) is 5.92 Å². The highest BCUT2D eigenvalue weighted by atomic mass is 16.5. The number of hydrogen-bond donors (Lipinski definition) is 3. The summed E-state index contributed by atoms with van der Waals surface area (Å²) in [6.07, 6.45) is 10.8. The summed E-state index contributed by atoms with van der Waals surface area (Å²) in [6, 6.07) is 5.35. The standard InChI is InChI=1S/C22H33N3O3/c1-15-8-6-7-11-18(15)24-22(23-17-9-4-3-5-10-17)25-19-14-16(21(27)28-2)12-13-20(19)26/h12-15,17-18,26H,3-11H2,1-2H3,(H2,23,24,25). The van der Waals surface area contributed by atoms with Crippen molar-refractivity contribution in [1.82, 2.24) is 5.32 Å². The fraction of sp³-hybridized carbons (Fsp3) is 0.636. The Morgan fingerprint density at radius 3 is 2.54 bits per heavy atom. The number of aromatic hydroxyl groups is 1. The average molecular weight is 388 g/mol.